The van der Waals surface area contributed by atoms with Crippen LogP contribution >= 0.6 is 11.6 Å². The van der Waals surface area contributed by atoms with Gasteiger partial charge in [-0.05, 0) is 36.2 Å². The summed E-state index contributed by atoms with van der Waals surface area (Å²) in [5.41, 5.74) is -1.96. The Kier molecular flexibility index (Phi) is 3.38. The second kappa shape index (κ2) is 4.25. The number of aryl methyl sites for hydroxylation is 1. The highest BCUT2D eigenvalue weighted by Crippen LogP contribution is 2.34. The van der Waals surface area contributed by atoms with E-state index in [0.29, 0.717) is 0 Å². The minimum absolute atomic E-state index is 0.0547. The van der Waals surface area contributed by atoms with Gasteiger partial charge in [-0.25, -0.2) is 0 Å². The Balaban J connectivity index is 3.53. The number of carbonyl (C=O) groups is 2. The molecule has 0 amide bonds. The standard InChI is InChI=1S/C10H6ClF3O2/c1-5-2-6(9(11)16)3-7(4-15)8(5)10(12,13)14/h2-4H,1H3. The Morgan fingerprint density at radius 3 is 2.31 bits per heavy atom. The Morgan fingerprint density at radius 1 is 1.38 bits per heavy atom. The average Bonchev–Trinajstić information content (AvgIpc) is 2.14. The first-order valence-electron chi connectivity index (χ1n) is 4.14. The zero-order chi connectivity index (χ0) is 12.5. The second-order valence-electron chi connectivity index (χ2n) is 3.15. The lowest BCUT2D eigenvalue weighted by Crippen LogP contribution is -2.12. The lowest BCUT2D eigenvalue weighted by atomic mass is 9.99. The molecule has 86 valence electrons. The lowest BCUT2D eigenvalue weighted by Gasteiger charge is -2.13. The molecule has 0 aliphatic heterocycles. The summed E-state index contributed by atoms with van der Waals surface area (Å²) in [6.07, 6.45) is -4.58. The van der Waals surface area contributed by atoms with Crippen LogP contribution in [0.3, 0.4) is 0 Å². The number of benzene rings is 1. The van der Waals surface area contributed by atoms with E-state index in [-0.39, 0.29) is 17.4 Å². The molecule has 0 aliphatic carbocycles. The van der Waals surface area contributed by atoms with E-state index in [4.69, 9.17) is 11.6 Å². The van der Waals surface area contributed by atoms with Gasteiger partial charge in [-0.1, -0.05) is 0 Å². The van der Waals surface area contributed by atoms with E-state index in [1.54, 1.807) is 0 Å². The zero-order valence-corrected chi connectivity index (χ0v) is 8.82. The van der Waals surface area contributed by atoms with Crippen LogP contribution in [-0.4, -0.2) is 11.5 Å². The van der Waals surface area contributed by atoms with Crippen molar-refractivity contribution in [2.24, 2.45) is 0 Å². The van der Waals surface area contributed by atoms with Crippen LogP contribution in [0.4, 0.5) is 13.2 Å². The third kappa shape index (κ3) is 2.41. The Labute approximate surface area is 94.0 Å². The van der Waals surface area contributed by atoms with Crippen molar-refractivity contribution in [1.82, 2.24) is 0 Å². The van der Waals surface area contributed by atoms with Gasteiger partial charge in [0, 0.05) is 11.1 Å². The highest BCUT2D eigenvalue weighted by molar-refractivity contribution is 6.67. The predicted molar refractivity (Wildman–Crippen MR) is 51.8 cm³/mol. The molecule has 0 atom stereocenters. The van der Waals surface area contributed by atoms with Gasteiger partial charge in [-0.15, -0.1) is 0 Å². The van der Waals surface area contributed by atoms with E-state index < -0.39 is 22.5 Å². The zero-order valence-electron chi connectivity index (χ0n) is 8.06. The van der Waals surface area contributed by atoms with Crippen molar-refractivity contribution in [2.45, 2.75) is 13.1 Å². The molecule has 6 heteroatoms. The predicted octanol–water partition coefficient (Wildman–Crippen LogP) is 3.21. The fourth-order valence-electron chi connectivity index (χ4n) is 1.41. The number of hydrogen-bond donors (Lipinski definition) is 0. The van der Waals surface area contributed by atoms with Gasteiger partial charge in [-0.2, -0.15) is 13.2 Å². The van der Waals surface area contributed by atoms with E-state index in [2.05, 4.69) is 0 Å². The van der Waals surface area contributed by atoms with Gasteiger partial charge in [-0.3, -0.25) is 9.59 Å². The topological polar surface area (TPSA) is 34.1 Å². The SMILES string of the molecule is Cc1cc(C(=O)Cl)cc(C=O)c1C(F)(F)F. The third-order valence-corrected chi connectivity index (χ3v) is 2.22. The second-order valence-corrected chi connectivity index (χ2v) is 3.49. The van der Waals surface area contributed by atoms with Gasteiger partial charge in [0.05, 0.1) is 5.56 Å². The summed E-state index contributed by atoms with van der Waals surface area (Å²) in [7, 11) is 0. The molecular weight excluding hydrogens is 245 g/mol. The van der Waals surface area contributed by atoms with Crippen LogP contribution in [-0.2, 0) is 6.18 Å². The van der Waals surface area contributed by atoms with Crippen LogP contribution in [0, 0.1) is 6.92 Å². The van der Waals surface area contributed by atoms with Crippen LogP contribution in [0.25, 0.3) is 0 Å². The normalized spacial score (nSPS) is 11.3. The van der Waals surface area contributed by atoms with Crippen molar-refractivity contribution in [2.75, 3.05) is 0 Å². The molecule has 1 aromatic carbocycles. The first-order valence-corrected chi connectivity index (χ1v) is 4.52. The smallest absolute Gasteiger partial charge is 0.298 e. The maximum Gasteiger partial charge on any atom is 0.417 e. The van der Waals surface area contributed by atoms with Crippen molar-refractivity contribution < 1.29 is 22.8 Å². The summed E-state index contributed by atoms with van der Waals surface area (Å²) in [5, 5.41) is -0.903. The molecule has 0 fully saturated rings. The first kappa shape index (κ1) is 12.7. The Hall–Kier alpha value is -1.36. The minimum atomic E-state index is -4.63. The van der Waals surface area contributed by atoms with Gasteiger partial charge < -0.3 is 0 Å². The molecule has 0 aliphatic rings. The number of alkyl halides is 3. The van der Waals surface area contributed by atoms with E-state index >= 15 is 0 Å². The highest BCUT2D eigenvalue weighted by atomic mass is 35.5. The summed E-state index contributed by atoms with van der Waals surface area (Å²) in [5.74, 6) is 0. The van der Waals surface area contributed by atoms with E-state index in [0.717, 1.165) is 12.1 Å². The number of hydrogen-bond acceptors (Lipinski definition) is 2. The molecule has 0 unspecified atom stereocenters. The molecule has 1 rings (SSSR count). The summed E-state index contributed by atoms with van der Waals surface area (Å²) in [6.45, 7) is 1.17. The van der Waals surface area contributed by atoms with Crippen molar-refractivity contribution in [1.29, 1.82) is 0 Å². The van der Waals surface area contributed by atoms with Crippen LogP contribution in [0.15, 0.2) is 12.1 Å². The van der Waals surface area contributed by atoms with Crippen molar-refractivity contribution in [3.05, 3.63) is 34.4 Å². The summed E-state index contributed by atoms with van der Waals surface area (Å²) >= 11 is 5.13. The molecule has 0 aromatic heterocycles. The minimum Gasteiger partial charge on any atom is -0.298 e. The largest absolute Gasteiger partial charge is 0.417 e. The van der Waals surface area contributed by atoms with Crippen molar-refractivity contribution in [3.63, 3.8) is 0 Å². The highest BCUT2D eigenvalue weighted by Gasteiger charge is 2.35. The van der Waals surface area contributed by atoms with Gasteiger partial charge >= 0.3 is 6.18 Å². The Morgan fingerprint density at radius 2 is 1.94 bits per heavy atom. The molecule has 0 bridgehead atoms. The van der Waals surface area contributed by atoms with Gasteiger partial charge in [0.25, 0.3) is 5.24 Å². The van der Waals surface area contributed by atoms with Crippen LogP contribution < -0.4 is 0 Å². The van der Waals surface area contributed by atoms with Crippen LogP contribution in [0.1, 0.15) is 31.8 Å². The van der Waals surface area contributed by atoms with E-state index in [9.17, 15) is 22.8 Å². The fraction of sp³-hybridized carbons (Fsp3) is 0.200. The summed E-state index contributed by atoms with van der Waals surface area (Å²) in [4.78, 5) is 21.3. The molecule has 1 aromatic rings. The number of halogens is 4. The molecule has 16 heavy (non-hydrogen) atoms. The molecule has 0 saturated carbocycles. The van der Waals surface area contributed by atoms with E-state index in [1.165, 1.54) is 6.92 Å². The molecule has 0 spiro atoms. The number of aldehydes is 1. The van der Waals surface area contributed by atoms with Gasteiger partial charge in [0.15, 0.2) is 6.29 Å². The summed E-state index contributed by atoms with van der Waals surface area (Å²) < 4.78 is 37.7. The molecule has 0 heterocycles. The lowest BCUT2D eigenvalue weighted by molar-refractivity contribution is -0.138. The Bertz CT molecular complexity index is 452. The molecule has 0 radical (unpaired) electrons. The summed E-state index contributed by atoms with van der Waals surface area (Å²) in [6, 6.07) is 1.84. The maximum atomic E-state index is 12.6. The maximum absolute atomic E-state index is 12.6. The fourth-order valence-corrected chi connectivity index (χ4v) is 1.52. The number of carbonyl (C=O) groups excluding carboxylic acids is 2. The van der Waals surface area contributed by atoms with Gasteiger partial charge in [0.1, 0.15) is 0 Å². The molecule has 2 nitrogen and oxygen atoms in total. The number of rotatable bonds is 2. The molecule has 0 N–H and O–H groups in total. The first-order chi connectivity index (χ1) is 7.27. The third-order valence-electron chi connectivity index (χ3n) is 2.00. The van der Waals surface area contributed by atoms with Crippen molar-refractivity contribution >= 4 is 23.1 Å². The average molecular weight is 251 g/mol. The van der Waals surface area contributed by atoms with E-state index in [1.807, 2.05) is 0 Å². The molecular formula is C10H6ClF3O2. The van der Waals surface area contributed by atoms with Crippen LogP contribution in [0.2, 0.25) is 0 Å². The monoisotopic (exact) mass is 250 g/mol. The molecule has 0 saturated heterocycles. The van der Waals surface area contributed by atoms with Crippen molar-refractivity contribution in [3.8, 4) is 0 Å². The van der Waals surface area contributed by atoms with Crippen LogP contribution in [0.5, 0.6) is 0 Å². The quantitative estimate of drug-likeness (QED) is 0.597. The van der Waals surface area contributed by atoms with Gasteiger partial charge in [0.2, 0.25) is 0 Å².